The van der Waals surface area contributed by atoms with Crippen molar-refractivity contribution in [2.75, 3.05) is 5.32 Å². The third kappa shape index (κ3) is 8.41. The molecule has 7 nitrogen and oxygen atoms in total. The smallest absolute Gasteiger partial charge is 0.238 e. The van der Waals surface area contributed by atoms with Gasteiger partial charge in [-0.15, -0.1) is 0 Å². The fraction of sp³-hybridized carbons (Fsp3) is 0.200. The van der Waals surface area contributed by atoms with Crippen LogP contribution in [0, 0.1) is 0 Å². The van der Waals surface area contributed by atoms with E-state index in [0.29, 0.717) is 12.1 Å². The molecule has 2 aromatic carbocycles. The second kappa shape index (κ2) is 11.5. The van der Waals surface area contributed by atoms with Crippen molar-refractivity contribution < 1.29 is 14.4 Å². The first-order chi connectivity index (χ1) is 13.5. The maximum atomic E-state index is 11.9. The van der Waals surface area contributed by atoms with E-state index in [0.717, 1.165) is 5.56 Å². The number of carbonyl (C=O) groups excluding carboxylic acids is 3. The summed E-state index contributed by atoms with van der Waals surface area (Å²) in [6, 6.07) is 18.6. The van der Waals surface area contributed by atoms with Gasteiger partial charge in [-0.25, -0.2) is 0 Å². The van der Waals surface area contributed by atoms with Gasteiger partial charge in [0.1, 0.15) is 0 Å². The van der Waals surface area contributed by atoms with Crippen LogP contribution in [-0.2, 0) is 20.8 Å². The molecule has 0 fully saturated rings. The molecule has 28 heavy (non-hydrogen) atoms. The van der Waals surface area contributed by atoms with Gasteiger partial charge in [0.05, 0.1) is 0 Å². The number of thiocarbonyl (C=S) groups is 1. The molecular formula is C20H22N4O3S. The summed E-state index contributed by atoms with van der Waals surface area (Å²) in [5.41, 5.74) is 6.54. The van der Waals surface area contributed by atoms with Gasteiger partial charge >= 0.3 is 0 Å². The van der Waals surface area contributed by atoms with E-state index in [9.17, 15) is 14.4 Å². The molecule has 0 atom stereocenters. The van der Waals surface area contributed by atoms with Crippen LogP contribution >= 0.6 is 12.2 Å². The van der Waals surface area contributed by atoms with E-state index in [1.807, 2.05) is 36.4 Å². The topological polar surface area (TPSA) is 99.3 Å². The number of anilines is 1. The van der Waals surface area contributed by atoms with Gasteiger partial charge in [-0.05, 0) is 36.3 Å². The summed E-state index contributed by atoms with van der Waals surface area (Å²) >= 11 is 4.96. The average molecular weight is 398 g/mol. The van der Waals surface area contributed by atoms with E-state index in [1.165, 1.54) is 0 Å². The molecule has 0 saturated heterocycles. The molecule has 3 amide bonds. The first-order valence-corrected chi connectivity index (χ1v) is 9.21. The molecule has 0 bridgehead atoms. The van der Waals surface area contributed by atoms with Crippen LogP contribution in [0.2, 0.25) is 0 Å². The van der Waals surface area contributed by atoms with E-state index in [-0.39, 0.29) is 36.2 Å². The zero-order chi connectivity index (χ0) is 20.2. The Morgan fingerprint density at radius 3 is 2.00 bits per heavy atom. The number of hydrazine groups is 1. The molecule has 0 aliphatic carbocycles. The number of amides is 3. The summed E-state index contributed by atoms with van der Waals surface area (Å²) < 4.78 is 0. The number of carbonyl (C=O) groups is 3. The Morgan fingerprint density at radius 2 is 1.32 bits per heavy atom. The Morgan fingerprint density at radius 1 is 0.714 bits per heavy atom. The number of benzene rings is 2. The highest BCUT2D eigenvalue weighted by atomic mass is 32.1. The highest BCUT2D eigenvalue weighted by Crippen LogP contribution is 2.06. The van der Waals surface area contributed by atoms with E-state index >= 15 is 0 Å². The highest BCUT2D eigenvalue weighted by Gasteiger charge is 2.09. The zero-order valence-electron chi connectivity index (χ0n) is 15.2. The minimum Gasteiger partial charge on any atom is -0.326 e. The lowest BCUT2D eigenvalue weighted by molar-refractivity contribution is -0.124. The lowest BCUT2D eigenvalue weighted by atomic mass is 10.1. The Kier molecular flexibility index (Phi) is 8.61. The lowest BCUT2D eigenvalue weighted by Crippen LogP contribution is -2.48. The van der Waals surface area contributed by atoms with Crippen molar-refractivity contribution in [2.45, 2.75) is 25.7 Å². The SMILES string of the molecule is O=C(CCC(=O)Nc1ccccc1)NNC(=S)NC(=O)CCc1ccccc1. The second-order valence-corrected chi connectivity index (χ2v) is 6.36. The number of hydrogen-bond acceptors (Lipinski definition) is 4. The third-order valence-corrected chi connectivity index (χ3v) is 3.89. The van der Waals surface area contributed by atoms with Crippen LogP contribution in [0.5, 0.6) is 0 Å². The van der Waals surface area contributed by atoms with Crippen LogP contribution in [0.25, 0.3) is 0 Å². The lowest BCUT2D eigenvalue weighted by Gasteiger charge is -2.11. The molecule has 0 aliphatic rings. The van der Waals surface area contributed by atoms with Gasteiger partial charge in [-0.1, -0.05) is 48.5 Å². The van der Waals surface area contributed by atoms with Crippen molar-refractivity contribution >= 4 is 40.7 Å². The Balaban J connectivity index is 1.59. The fourth-order valence-corrected chi connectivity index (χ4v) is 2.45. The van der Waals surface area contributed by atoms with E-state index in [4.69, 9.17) is 12.2 Å². The molecule has 0 unspecified atom stereocenters. The van der Waals surface area contributed by atoms with Crippen LogP contribution < -0.4 is 21.5 Å². The van der Waals surface area contributed by atoms with Crippen LogP contribution in [-0.4, -0.2) is 22.8 Å². The van der Waals surface area contributed by atoms with E-state index in [2.05, 4.69) is 21.5 Å². The predicted molar refractivity (Wildman–Crippen MR) is 111 cm³/mol. The van der Waals surface area contributed by atoms with Crippen LogP contribution in [0.4, 0.5) is 5.69 Å². The van der Waals surface area contributed by atoms with Crippen molar-refractivity contribution in [3.63, 3.8) is 0 Å². The molecule has 0 saturated carbocycles. The summed E-state index contributed by atoms with van der Waals surface area (Å²) in [6.45, 7) is 0. The van der Waals surface area contributed by atoms with Crippen molar-refractivity contribution in [3.8, 4) is 0 Å². The summed E-state index contributed by atoms with van der Waals surface area (Å²) in [4.78, 5) is 35.4. The number of aryl methyl sites for hydroxylation is 1. The van der Waals surface area contributed by atoms with Gasteiger partial charge in [0, 0.05) is 24.9 Å². The number of para-hydroxylation sites is 1. The summed E-state index contributed by atoms with van der Waals surface area (Å²) in [5.74, 6) is -0.930. The van der Waals surface area contributed by atoms with Gasteiger partial charge in [0.2, 0.25) is 17.7 Å². The van der Waals surface area contributed by atoms with Crippen LogP contribution in [0.1, 0.15) is 24.8 Å². The standard InChI is InChI=1S/C20H22N4O3S/c25-17(21-16-9-5-2-6-10-16)13-14-19(27)23-24-20(28)22-18(26)12-11-15-7-3-1-4-8-15/h1-10H,11-14H2,(H,21,25)(H,23,27)(H2,22,24,26,28). The minimum absolute atomic E-state index is 0.000138. The van der Waals surface area contributed by atoms with Gasteiger partial charge in [0.25, 0.3) is 0 Å². The molecule has 2 aromatic rings. The number of nitrogens with one attached hydrogen (secondary N) is 4. The fourth-order valence-electron chi connectivity index (χ4n) is 2.28. The molecule has 0 heterocycles. The molecule has 4 N–H and O–H groups in total. The van der Waals surface area contributed by atoms with E-state index in [1.54, 1.807) is 24.3 Å². The number of rotatable bonds is 7. The zero-order valence-corrected chi connectivity index (χ0v) is 16.1. The van der Waals surface area contributed by atoms with Gasteiger partial charge in [0.15, 0.2) is 5.11 Å². The minimum atomic E-state index is -0.413. The third-order valence-electron chi connectivity index (χ3n) is 3.69. The maximum absolute atomic E-state index is 11.9. The maximum Gasteiger partial charge on any atom is 0.238 e. The first-order valence-electron chi connectivity index (χ1n) is 8.80. The summed E-state index contributed by atoms with van der Waals surface area (Å²) in [7, 11) is 0. The quantitative estimate of drug-likeness (QED) is 0.423. The monoisotopic (exact) mass is 398 g/mol. The van der Waals surface area contributed by atoms with Gasteiger partial charge in [-0.3, -0.25) is 25.2 Å². The molecule has 0 spiro atoms. The van der Waals surface area contributed by atoms with Crippen molar-refractivity contribution in [3.05, 3.63) is 66.2 Å². The largest absolute Gasteiger partial charge is 0.326 e. The summed E-state index contributed by atoms with van der Waals surface area (Å²) in [5, 5.41) is 5.18. The van der Waals surface area contributed by atoms with Crippen LogP contribution in [0.3, 0.4) is 0 Å². The van der Waals surface area contributed by atoms with Gasteiger partial charge in [-0.2, -0.15) is 0 Å². The predicted octanol–water partition coefficient (Wildman–Crippen LogP) is 2.06. The summed E-state index contributed by atoms with van der Waals surface area (Å²) in [6.07, 6.45) is 0.881. The number of hydrogen-bond donors (Lipinski definition) is 4. The van der Waals surface area contributed by atoms with Crippen molar-refractivity contribution in [2.24, 2.45) is 0 Å². The molecule has 0 aromatic heterocycles. The first kappa shape index (κ1) is 21.0. The highest BCUT2D eigenvalue weighted by molar-refractivity contribution is 7.80. The normalized spacial score (nSPS) is 9.86. The molecule has 146 valence electrons. The van der Waals surface area contributed by atoms with Crippen LogP contribution in [0.15, 0.2) is 60.7 Å². The molecule has 0 radical (unpaired) electrons. The second-order valence-electron chi connectivity index (χ2n) is 5.95. The molecule has 8 heteroatoms. The van der Waals surface area contributed by atoms with Gasteiger partial charge < -0.3 is 10.6 Å². The molecule has 0 aliphatic heterocycles. The Hall–Kier alpha value is -3.26. The van der Waals surface area contributed by atoms with Crippen molar-refractivity contribution in [1.29, 1.82) is 0 Å². The average Bonchev–Trinajstić information content (AvgIpc) is 2.71. The van der Waals surface area contributed by atoms with E-state index < -0.39 is 5.91 Å². The molecule has 2 rings (SSSR count). The molecular weight excluding hydrogens is 376 g/mol. The Labute approximate surface area is 168 Å². The Bertz CT molecular complexity index is 813. The van der Waals surface area contributed by atoms with Crippen molar-refractivity contribution in [1.82, 2.24) is 16.2 Å².